The van der Waals surface area contributed by atoms with Crippen LogP contribution in [0, 0.1) is 17.3 Å². The monoisotopic (exact) mass is 396 g/mol. The Hall–Kier alpha value is -1.88. The van der Waals surface area contributed by atoms with Gasteiger partial charge in [-0.2, -0.15) is 0 Å². The van der Waals surface area contributed by atoms with Crippen LogP contribution in [0.25, 0.3) is 0 Å². The molecule has 29 heavy (non-hydrogen) atoms. The fraction of sp³-hybridized carbons (Fsp3) is 0.667. The molecule has 3 fully saturated rings. The minimum Gasteiger partial charge on any atom is -0.496 e. The Morgan fingerprint density at radius 3 is 2.72 bits per heavy atom. The summed E-state index contributed by atoms with van der Waals surface area (Å²) >= 11 is 0. The van der Waals surface area contributed by atoms with Gasteiger partial charge in [0.25, 0.3) is 5.91 Å². The molecule has 1 heterocycles. The van der Waals surface area contributed by atoms with Crippen LogP contribution in [-0.2, 0) is 11.2 Å². The van der Waals surface area contributed by atoms with Crippen molar-refractivity contribution in [3.8, 4) is 5.75 Å². The molecule has 2 saturated carbocycles. The van der Waals surface area contributed by atoms with Crippen LogP contribution in [0.15, 0.2) is 12.1 Å². The van der Waals surface area contributed by atoms with Gasteiger partial charge in [-0.3, -0.25) is 9.59 Å². The number of methoxy groups -OCH3 is 1. The van der Waals surface area contributed by atoms with Crippen molar-refractivity contribution in [2.24, 2.45) is 17.3 Å². The predicted molar refractivity (Wildman–Crippen MR) is 111 cm³/mol. The highest BCUT2D eigenvalue weighted by atomic mass is 16.5. The predicted octanol–water partition coefficient (Wildman–Crippen LogP) is 3.17. The van der Waals surface area contributed by atoms with Crippen LogP contribution < -0.4 is 10.1 Å². The molecule has 0 aromatic heterocycles. The minimum atomic E-state index is -0.107. The van der Waals surface area contributed by atoms with Crippen molar-refractivity contribution in [3.05, 3.63) is 28.8 Å². The number of hydrogen-bond donors (Lipinski definition) is 1. The molecule has 156 valence electrons. The zero-order valence-corrected chi connectivity index (χ0v) is 17.6. The molecule has 5 rings (SSSR count). The van der Waals surface area contributed by atoms with E-state index in [1.807, 2.05) is 4.90 Å². The molecular weight excluding hydrogens is 364 g/mol. The zero-order chi connectivity index (χ0) is 20.2. The first-order valence-electron chi connectivity index (χ1n) is 11.3. The van der Waals surface area contributed by atoms with Gasteiger partial charge in [0, 0.05) is 38.0 Å². The van der Waals surface area contributed by atoms with Crippen molar-refractivity contribution < 1.29 is 14.3 Å². The van der Waals surface area contributed by atoms with Crippen molar-refractivity contribution in [2.45, 2.75) is 51.4 Å². The summed E-state index contributed by atoms with van der Waals surface area (Å²) < 4.78 is 5.65. The third-order valence-corrected chi connectivity index (χ3v) is 8.39. The average Bonchev–Trinajstić information content (AvgIpc) is 3.07. The number of nitrogens with zero attached hydrogens (tertiary/aromatic N) is 1. The van der Waals surface area contributed by atoms with E-state index in [1.54, 1.807) is 7.11 Å². The van der Waals surface area contributed by atoms with E-state index in [4.69, 9.17) is 4.74 Å². The highest BCUT2D eigenvalue weighted by molar-refractivity contribution is 5.97. The molecule has 1 aromatic rings. The van der Waals surface area contributed by atoms with Crippen molar-refractivity contribution >= 4 is 11.7 Å². The Bertz CT molecular complexity index is 845. The maximum Gasteiger partial charge on any atom is 0.257 e. The van der Waals surface area contributed by atoms with Gasteiger partial charge in [0.05, 0.1) is 12.7 Å². The molecule has 4 atom stereocenters. The van der Waals surface area contributed by atoms with E-state index in [1.165, 1.54) is 11.1 Å². The molecule has 1 aliphatic heterocycles. The van der Waals surface area contributed by atoms with E-state index in [-0.39, 0.29) is 11.3 Å². The van der Waals surface area contributed by atoms with Gasteiger partial charge in [0.15, 0.2) is 0 Å². The van der Waals surface area contributed by atoms with Crippen LogP contribution in [0.4, 0.5) is 0 Å². The van der Waals surface area contributed by atoms with Gasteiger partial charge in [-0.15, -0.1) is 0 Å². The Morgan fingerprint density at radius 1 is 1.17 bits per heavy atom. The number of ketones is 1. The first kappa shape index (κ1) is 19.1. The van der Waals surface area contributed by atoms with Gasteiger partial charge < -0.3 is 15.0 Å². The van der Waals surface area contributed by atoms with Crippen LogP contribution in [0.5, 0.6) is 5.75 Å². The largest absolute Gasteiger partial charge is 0.496 e. The third kappa shape index (κ3) is 2.92. The second-order valence-electron chi connectivity index (χ2n) is 9.63. The summed E-state index contributed by atoms with van der Waals surface area (Å²) in [6.07, 6.45) is 6.03. The summed E-state index contributed by atoms with van der Waals surface area (Å²) in [4.78, 5) is 27.8. The lowest BCUT2D eigenvalue weighted by atomic mass is 9.55. The normalized spacial score (nSPS) is 33.7. The number of amides is 1. The summed E-state index contributed by atoms with van der Waals surface area (Å²) in [7, 11) is 1.66. The van der Waals surface area contributed by atoms with Crippen LogP contribution >= 0.6 is 0 Å². The maximum absolute atomic E-state index is 13.3. The molecule has 5 heteroatoms. The maximum atomic E-state index is 13.3. The van der Waals surface area contributed by atoms with Gasteiger partial charge >= 0.3 is 0 Å². The summed E-state index contributed by atoms with van der Waals surface area (Å²) in [5.74, 6) is 2.84. The van der Waals surface area contributed by atoms with E-state index in [0.29, 0.717) is 34.8 Å². The van der Waals surface area contributed by atoms with Crippen molar-refractivity contribution in [3.63, 3.8) is 0 Å². The molecule has 1 saturated heterocycles. The van der Waals surface area contributed by atoms with Crippen LogP contribution in [-0.4, -0.2) is 49.9 Å². The Kier molecular flexibility index (Phi) is 4.69. The van der Waals surface area contributed by atoms with E-state index < -0.39 is 0 Å². The van der Waals surface area contributed by atoms with Crippen molar-refractivity contribution in [1.29, 1.82) is 0 Å². The van der Waals surface area contributed by atoms with Crippen molar-refractivity contribution in [1.82, 2.24) is 10.2 Å². The fourth-order valence-electron chi connectivity index (χ4n) is 6.74. The van der Waals surface area contributed by atoms with Gasteiger partial charge in [-0.05, 0) is 73.1 Å². The quantitative estimate of drug-likeness (QED) is 0.834. The minimum absolute atomic E-state index is 0.0879. The summed E-state index contributed by atoms with van der Waals surface area (Å²) in [6, 6.07) is 4.27. The molecule has 1 aromatic carbocycles. The highest BCUT2D eigenvalue weighted by Gasteiger charge is 2.54. The number of ether oxygens (including phenoxy) is 1. The number of nitrogens with one attached hydrogen (secondary N) is 1. The molecule has 1 N–H and O–H groups in total. The standard InChI is InChI=1S/C24H32N2O3/c1-24-8-7-16-17(20(24)5-6-22(24)27)4-3-15-13-21(29-2)19(14-18(15)16)23(28)26-11-9-25-10-12-26/h13-14,16-17,20,25H,3-12H2,1-2H3/t16-,17+,20-,24-/m0/s1. The SMILES string of the molecule is COc1cc2c(cc1C(=O)N1CCNCC1)[C@H]1CC[C@]3(C)C(=O)CC[C@H]3[C@@H]1CC2. The summed E-state index contributed by atoms with van der Waals surface area (Å²) in [6.45, 7) is 5.39. The Labute approximate surface area is 173 Å². The van der Waals surface area contributed by atoms with Crippen LogP contribution in [0.2, 0.25) is 0 Å². The van der Waals surface area contributed by atoms with Crippen LogP contribution in [0.1, 0.15) is 66.4 Å². The zero-order valence-electron chi connectivity index (χ0n) is 17.6. The number of piperazine rings is 1. The number of rotatable bonds is 2. The summed E-state index contributed by atoms with van der Waals surface area (Å²) in [5, 5.41) is 3.31. The number of fused-ring (bicyclic) bond motifs is 5. The van der Waals surface area contributed by atoms with E-state index in [2.05, 4.69) is 24.4 Å². The molecule has 5 nitrogen and oxygen atoms in total. The lowest BCUT2D eigenvalue weighted by molar-refractivity contribution is -0.129. The lowest BCUT2D eigenvalue weighted by Crippen LogP contribution is -2.46. The van der Waals surface area contributed by atoms with Gasteiger partial charge in [0.2, 0.25) is 0 Å². The number of Topliss-reactive ketones (excluding diaryl/α,β-unsaturated/α-hetero) is 1. The topological polar surface area (TPSA) is 58.6 Å². The highest BCUT2D eigenvalue weighted by Crippen LogP contribution is 2.59. The van der Waals surface area contributed by atoms with E-state index in [9.17, 15) is 9.59 Å². The van der Waals surface area contributed by atoms with E-state index in [0.717, 1.165) is 64.7 Å². The second kappa shape index (κ2) is 7.12. The lowest BCUT2D eigenvalue weighted by Gasteiger charge is -2.48. The second-order valence-corrected chi connectivity index (χ2v) is 9.63. The molecule has 3 aliphatic carbocycles. The molecule has 0 radical (unpaired) electrons. The van der Waals surface area contributed by atoms with Gasteiger partial charge in [-0.25, -0.2) is 0 Å². The molecule has 0 bridgehead atoms. The number of benzene rings is 1. The Balaban J connectivity index is 1.50. The number of hydrogen-bond acceptors (Lipinski definition) is 4. The number of carbonyl (C=O) groups excluding carboxylic acids is 2. The van der Waals surface area contributed by atoms with E-state index >= 15 is 0 Å². The van der Waals surface area contributed by atoms with Crippen molar-refractivity contribution in [2.75, 3.05) is 33.3 Å². The van der Waals surface area contributed by atoms with Gasteiger partial charge in [-0.1, -0.05) is 6.92 Å². The van der Waals surface area contributed by atoms with Crippen LogP contribution in [0.3, 0.4) is 0 Å². The fourth-order valence-corrected chi connectivity index (χ4v) is 6.74. The Morgan fingerprint density at radius 2 is 1.97 bits per heavy atom. The first-order valence-corrected chi connectivity index (χ1v) is 11.3. The third-order valence-electron chi connectivity index (χ3n) is 8.39. The molecule has 0 unspecified atom stereocenters. The molecule has 4 aliphatic rings. The summed E-state index contributed by atoms with van der Waals surface area (Å²) in [5.41, 5.74) is 3.30. The smallest absolute Gasteiger partial charge is 0.257 e. The average molecular weight is 397 g/mol. The number of aryl methyl sites for hydroxylation is 1. The molecule has 1 amide bonds. The number of carbonyl (C=O) groups is 2. The molecule has 0 spiro atoms. The van der Waals surface area contributed by atoms with Gasteiger partial charge in [0.1, 0.15) is 11.5 Å². The first-order chi connectivity index (χ1) is 14.0. The molecular formula is C24H32N2O3.